The summed E-state index contributed by atoms with van der Waals surface area (Å²) in [6.07, 6.45) is 71.3. The molecule has 67 heavy (non-hydrogen) atoms. The fourth-order valence-corrected chi connectivity index (χ4v) is 7.57. The summed E-state index contributed by atoms with van der Waals surface area (Å²) < 4.78 is 16.8. The second-order valence-corrected chi connectivity index (χ2v) is 18.5. The van der Waals surface area contributed by atoms with Gasteiger partial charge in [0.2, 0.25) is 0 Å². The Morgan fingerprint density at radius 1 is 0.299 bits per heavy atom. The molecular weight excluding hydrogens is 829 g/mol. The average Bonchev–Trinajstić information content (AvgIpc) is 3.33. The van der Waals surface area contributed by atoms with Gasteiger partial charge in [-0.25, -0.2) is 0 Å². The second kappa shape index (κ2) is 55.2. The highest BCUT2D eigenvalue weighted by Gasteiger charge is 2.19. The van der Waals surface area contributed by atoms with Crippen LogP contribution in [0, 0.1) is 0 Å². The molecule has 0 heterocycles. The van der Waals surface area contributed by atoms with Gasteiger partial charge in [-0.15, -0.1) is 0 Å². The van der Waals surface area contributed by atoms with E-state index < -0.39 is 6.10 Å². The van der Waals surface area contributed by atoms with Crippen LogP contribution in [-0.4, -0.2) is 37.2 Å². The highest BCUT2D eigenvalue weighted by atomic mass is 16.6. The van der Waals surface area contributed by atoms with E-state index in [0.29, 0.717) is 19.3 Å². The van der Waals surface area contributed by atoms with Crippen LogP contribution in [0.25, 0.3) is 0 Å². The Bertz CT molecular complexity index is 1300. The molecule has 0 aromatic heterocycles. The number of unbranched alkanes of at least 4 members (excludes halogenated alkanes) is 25. The molecule has 0 spiro atoms. The van der Waals surface area contributed by atoms with Crippen molar-refractivity contribution in [2.45, 2.75) is 271 Å². The molecule has 0 aromatic rings. The third-order valence-electron chi connectivity index (χ3n) is 11.8. The number of hydrogen-bond donors (Lipinski definition) is 0. The Hall–Kier alpha value is -3.41. The van der Waals surface area contributed by atoms with E-state index >= 15 is 0 Å². The highest BCUT2D eigenvalue weighted by Crippen LogP contribution is 2.14. The van der Waals surface area contributed by atoms with Crippen LogP contribution >= 0.6 is 0 Å². The molecule has 0 fully saturated rings. The maximum absolute atomic E-state index is 12.8. The topological polar surface area (TPSA) is 78.9 Å². The van der Waals surface area contributed by atoms with Crippen LogP contribution in [0.3, 0.4) is 0 Å². The number of carbonyl (C=O) groups excluding carboxylic acids is 3. The van der Waals surface area contributed by atoms with Crippen molar-refractivity contribution in [1.82, 2.24) is 0 Å². The number of esters is 3. The fraction of sp³-hybridized carbons (Fsp3) is 0.721. The number of rotatable bonds is 50. The van der Waals surface area contributed by atoms with Crippen LogP contribution in [0.15, 0.2) is 85.1 Å². The molecule has 0 saturated carbocycles. The lowest BCUT2D eigenvalue weighted by Gasteiger charge is -2.18. The molecule has 0 aromatic carbocycles. The van der Waals surface area contributed by atoms with Gasteiger partial charge in [-0.2, -0.15) is 0 Å². The molecule has 0 N–H and O–H groups in total. The Kier molecular flexibility index (Phi) is 52.4. The predicted octanol–water partition coefficient (Wildman–Crippen LogP) is 18.8. The van der Waals surface area contributed by atoms with Crippen molar-refractivity contribution in [3.8, 4) is 0 Å². The van der Waals surface area contributed by atoms with Crippen LogP contribution < -0.4 is 0 Å². The van der Waals surface area contributed by atoms with E-state index in [9.17, 15) is 14.4 Å². The van der Waals surface area contributed by atoms with Gasteiger partial charge in [0.05, 0.1) is 0 Å². The summed E-state index contributed by atoms with van der Waals surface area (Å²) in [5.41, 5.74) is 0. The molecule has 0 aliphatic rings. The lowest BCUT2D eigenvalue weighted by molar-refractivity contribution is -0.167. The maximum Gasteiger partial charge on any atom is 0.306 e. The molecule has 384 valence electrons. The summed E-state index contributed by atoms with van der Waals surface area (Å²) in [6, 6.07) is 0. The maximum atomic E-state index is 12.8. The van der Waals surface area contributed by atoms with Gasteiger partial charge in [0.1, 0.15) is 13.2 Å². The molecular formula is C61H104O6. The molecule has 0 rings (SSSR count). The minimum absolute atomic E-state index is 0.0946. The Labute approximate surface area is 414 Å². The second-order valence-electron chi connectivity index (χ2n) is 18.5. The molecule has 0 radical (unpaired) electrons. The van der Waals surface area contributed by atoms with Gasteiger partial charge in [0.25, 0.3) is 0 Å². The summed E-state index contributed by atoms with van der Waals surface area (Å²) in [7, 11) is 0. The van der Waals surface area contributed by atoms with Crippen LogP contribution in [0.1, 0.15) is 265 Å². The lowest BCUT2D eigenvalue weighted by atomic mass is 10.1. The quantitative estimate of drug-likeness (QED) is 0.0262. The van der Waals surface area contributed by atoms with E-state index in [1.54, 1.807) is 0 Å². The van der Waals surface area contributed by atoms with Crippen molar-refractivity contribution in [1.29, 1.82) is 0 Å². The van der Waals surface area contributed by atoms with E-state index in [4.69, 9.17) is 14.2 Å². The van der Waals surface area contributed by atoms with Gasteiger partial charge in [0.15, 0.2) is 6.10 Å². The van der Waals surface area contributed by atoms with Gasteiger partial charge in [0, 0.05) is 19.3 Å². The van der Waals surface area contributed by atoms with Gasteiger partial charge < -0.3 is 14.2 Å². The number of hydrogen-bond acceptors (Lipinski definition) is 6. The summed E-state index contributed by atoms with van der Waals surface area (Å²) in [6.45, 7) is 6.54. The minimum atomic E-state index is -0.798. The zero-order valence-electron chi connectivity index (χ0n) is 43.9. The lowest BCUT2D eigenvalue weighted by Crippen LogP contribution is -2.30. The first-order valence-electron chi connectivity index (χ1n) is 28.1. The van der Waals surface area contributed by atoms with E-state index in [2.05, 4.69) is 106 Å². The third-order valence-corrected chi connectivity index (χ3v) is 11.8. The molecule has 0 saturated heterocycles. The van der Waals surface area contributed by atoms with Crippen LogP contribution in [0.2, 0.25) is 0 Å². The first-order chi connectivity index (χ1) is 33.0. The Morgan fingerprint density at radius 3 is 0.881 bits per heavy atom. The van der Waals surface area contributed by atoms with Gasteiger partial charge in [-0.05, 0) is 122 Å². The predicted molar refractivity (Wildman–Crippen MR) is 288 cm³/mol. The smallest absolute Gasteiger partial charge is 0.306 e. The fourth-order valence-electron chi connectivity index (χ4n) is 7.57. The Balaban J connectivity index is 4.45. The Morgan fingerprint density at radius 2 is 0.537 bits per heavy atom. The number of carbonyl (C=O) groups is 3. The molecule has 0 aliphatic carbocycles. The summed E-state index contributed by atoms with van der Waals surface area (Å²) in [5.74, 6) is -0.934. The molecule has 6 nitrogen and oxygen atoms in total. The summed E-state index contributed by atoms with van der Waals surface area (Å²) in [4.78, 5) is 38.1. The molecule has 0 bridgehead atoms. The molecule has 0 amide bonds. The molecule has 1 atom stereocenters. The number of allylic oxidation sites excluding steroid dienone is 14. The van der Waals surface area contributed by atoms with E-state index in [1.165, 1.54) is 116 Å². The first-order valence-corrected chi connectivity index (χ1v) is 28.1. The van der Waals surface area contributed by atoms with Gasteiger partial charge in [-0.1, -0.05) is 209 Å². The van der Waals surface area contributed by atoms with Crippen molar-refractivity contribution in [3.63, 3.8) is 0 Å². The zero-order valence-corrected chi connectivity index (χ0v) is 43.9. The first kappa shape index (κ1) is 63.6. The van der Waals surface area contributed by atoms with Crippen molar-refractivity contribution >= 4 is 17.9 Å². The SMILES string of the molecule is CCCCC/C=C\C/C=C\C/C=C\CCCCCCCCC(=O)OC[C@@H](COC(=O)CCCCCCC/C=C\CCCCCC)OC(=O)CCCCCC/C=C\C/C=C\C/C=C\CCCCC. The standard InChI is InChI=1S/C61H104O6/c1-4-7-10-13-16-19-22-25-27-29-30-32-33-36-39-42-45-48-51-54-60(63)66-57-58(56-65-59(62)53-50-47-44-41-38-35-24-21-18-15-12-9-6-3)67-61(64)55-52-49-46-43-40-37-34-31-28-26-23-20-17-14-11-8-5-2/h16-17,19-21,24-28,30,32,34,37,58H,4-15,18,22-23,29,31,33,35-36,38-57H2,1-3H3/b19-16-,20-17-,24-21-,27-25-,28-26-,32-30-,37-34-/t58-/m1/s1. The van der Waals surface area contributed by atoms with Crippen LogP contribution in [0.4, 0.5) is 0 Å². The van der Waals surface area contributed by atoms with Crippen molar-refractivity contribution in [2.24, 2.45) is 0 Å². The van der Waals surface area contributed by atoms with Crippen molar-refractivity contribution in [2.75, 3.05) is 13.2 Å². The van der Waals surface area contributed by atoms with Crippen LogP contribution in [0.5, 0.6) is 0 Å². The monoisotopic (exact) mass is 933 g/mol. The average molecular weight is 933 g/mol. The van der Waals surface area contributed by atoms with E-state index in [-0.39, 0.29) is 31.1 Å². The van der Waals surface area contributed by atoms with E-state index in [0.717, 1.165) is 109 Å². The van der Waals surface area contributed by atoms with E-state index in [1.807, 2.05) is 0 Å². The molecule has 6 heteroatoms. The highest BCUT2D eigenvalue weighted by molar-refractivity contribution is 5.71. The summed E-state index contributed by atoms with van der Waals surface area (Å²) in [5, 5.41) is 0. The van der Waals surface area contributed by atoms with Crippen molar-refractivity contribution < 1.29 is 28.6 Å². The minimum Gasteiger partial charge on any atom is -0.462 e. The van der Waals surface area contributed by atoms with Gasteiger partial charge in [-0.3, -0.25) is 14.4 Å². The van der Waals surface area contributed by atoms with Gasteiger partial charge >= 0.3 is 17.9 Å². The number of ether oxygens (including phenoxy) is 3. The van der Waals surface area contributed by atoms with Crippen molar-refractivity contribution in [3.05, 3.63) is 85.1 Å². The van der Waals surface area contributed by atoms with Crippen LogP contribution in [-0.2, 0) is 28.6 Å². The molecule has 0 aliphatic heterocycles. The largest absolute Gasteiger partial charge is 0.462 e. The molecule has 0 unspecified atom stereocenters. The normalized spacial score (nSPS) is 12.7. The third kappa shape index (κ3) is 53.4. The summed E-state index contributed by atoms with van der Waals surface area (Å²) >= 11 is 0. The zero-order chi connectivity index (χ0) is 48.6.